The highest BCUT2D eigenvalue weighted by atomic mass is 35.5. The van der Waals surface area contributed by atoms with E-state index >= 15 is 0 Å². The Kier molecular flexibility index (Phi) is 7.01. The van der Waals surface area contributed by atoms with Gasteiger partial charge in [-0.25, -0.2) is 0 Å². The van der Waals surface area contributed by atoms with Gasteiger partial charge in [-0.05, 0) is 62.3 Å². The first-order chi connectivity index (χ1) is 17.3. The molecule has 2 N–H and O–H groups in total. The number of aliphatic hydroxyl groups excluding tert-OH is 1. The third kappa shape index (κ3) is 4.61. The SMILES string of the molecule is COc1ccc2c3c([nH]c2c1)[C@H](CO)N(Cc1ccc(Cl)cc1)CC31CCN(C(=O)CN(C)C)CC1. The van der Waals surface area contributed by atoms with E-state index in [1.54, 1.807) is 7.11 Å². The number of likely N-dealkylation sites (N-methyl/N-ethyl adjacent to an activating group) is 1. The summed E-state index contributed by atoms with van der Waals surface area (Å²) in [5, 5.41) is 12.5. The molecule has 2 aromatic carbocycles. The Morgan fingerprint density at radius 1 is 1.19 bits per heavy atom. The van der Waals surface area contributed by atoms with Gasteiger partial charge in [0.05, 0.1) is 26.3 Å². The minimum atomic E-state index is -0.145. The van der Waals surface area contributed by atoms with Gasteiger partial charge in [0.1, 0.15) is 5.75 Å². The van der Waals surface area contributed by atoms with E-state index in [1.807, 2.05) is 48.2 Å². The monoisotopic (exact) mass is 510 g/mol. The number of carbonyl (C=O) groups excluding carboxylic acids is 1. The summed E-state index contributed by atoms with van der Waals surface area (Å²) in [6, 6.07) is 14.0. The molecule has 8 heteroatoms. The van der Waals surface area contributed by atoms with Crippen LogP contribution in [0.5, 0.6) is 5.75 Å². The van der Waals surface area contributed by atoms with Crippen LogP contribution in [0.15, 0.2) is 42.5 Å². The van der Waals surface area contributed by atoms with E-state index in [-0.39, 0.29) is 24.0 Å². The number of ether oxygens (including phenoxy) is 1. The molecular weight excluding hydrogens is 476 g/mol. The number of likely N-dealkylation sites (tertiary alicyclic amines) is 1. The number of hydrogen-bond acceptors (Lipinski definition) is 5. The van der Waals surface area contributed by atoms with E-state index in [2.05, 4.69) is 28.1 Å². The van der Waals surface area contributed by atoms with Gasteiger partial charge >= 0.3 is 0 Å². The fourth-order valence-corrected chi connectivity index (χ4v) is 6.19. The highest BCUT2D eigenvalue weighted by Crippen LogP contribution is 2.49. The Morgan fingerprint density at radius 2 is 1.92 bits per heavy atom. The van der Waals surface area contributed by atoms with Crippen LogP contribution in [0.2, 0.25) is 5.02 Å². The van der Waals surface area contributed by atoms with Gasteiger partial charge in [0, 0.05) is 59.3 Å². The second kappa shape index (κ2) is 10.1. The second-order valence-corrected chi connectivity index (χ2v) is 10.9. The molecule has 36 heavy (non-hydrogen) atoms. The summed E-state index contributed by atoms with van der Waals surface area (Å²) in [5.41, 5.74) is 4.44. The van der Waals surface area contributed by atoms with E-state index in [0.29, 0.717) is 18.1 Å². The number of hydrogen-bond donors (Lipinski definition) is 2. The number of fused-ring (bicyclic) bond motifs is 4. The molecule has 3 heterocycles. The van der Waals surface area contributed by atoms with Crippen LogP contribution in [0.25, 0.3) is 10.9 Å². The maximum atomic E-state index is 12.8. The molecule has 0 unspecified atom stereocenters. The third-order valence-corrected chi connectivity index (χ3v) is 8.09. The van der Waals surface area contributed by atoms with Crippen molar-refractivity contribution in [3.05, 3.63) is 64.3 Å². The number of carbonyl (C=O) groups is 1. The van der Waals surface area contributed by atoms with Crippen molar-refractivity contribution in [3.8, 4) is 5.75 Å². The van der Waals surface area contributed by atoms with Gasteiger partial charge in [-0.3, -0.25) is 9.69 Å². The Balaban J connectivity index is 1.54. The first-order valence-corrected chi connectivity index (χ1v) is 12.9. The lowest BCUT2D eigenvalue weighted by atomic mass is 9.68. The highest BCUT2D eigenvalue weighted by Gasteiger charge is 2.47. The lowest BCUT2D eigenvalue weighted by Crippen LogP contribution is -2.55. The largest absolute Gasteiger partial charge is 0.497 e. The zero-order valence-corrected chi connectivity index (χ0v) is 22.0. The van der Waals surface area contributed by atoms with Crippen LogP contribution < -0.4 is 4.74 Å². The smallest absolute Gasteiger partial charge is 0.236 e. The lowest BCUT2D eigenvalue weighted by Gasteiger charge is -2.50. The Hall–Kier alpha value is -2.58. The van der Waals surface area contributed by atoms with Gasteiger partial charge in [-0.1, -0.05) is 23.7 Å². The van der Waals surface area contributed by atoms with E-state index in [4.69, 9.17) is 16.3 Å². The normalized spacial score (nSPS) is 19.7. The van der Waals surface area contributed by atoms with E-state index in [0.717, 1.165) is 55.0 Å². The number of benzene rings is 2. The van der Waals surface area contributed by atoms with Crippen molar-refractivity contribution >= 4 is 28.4 Å². The highest BCUT2D eigenvalue weighted by molar-refractivity contribution is 6.30. The van der Waals surface area contributed by atoms with E-state index < -0.39 is 0 Å². The zero-order chi connectivity index (χ0) is 25.4. The molecule has 3 aromatic rings. The number of nitrogens with one attached hydrogen (secondary N) is 1. The number of aromatic amines is 1. The topological polar surface area (TPSA) is 72.0 Å². The summed E-state index contributed by atoms with van der Waals surface area (Å²) < 4.78 is 5.49. The summed E-state index contributed by atoms with van der Waals surface area (Å²) >= 11 is 6.13. The molecule has 0 radical (unpaired) electrons. The van der Waals surface area contributed by atoms with Gasteiger partial charge in [0.15, 0.2) is 0 Å². The molecule has 0 saturated carbocycles. The number of amides is 1. The summed E-state index contributed by atoms with van der Waals surface area (Å²) in [4.78, 5) is 22.8. The summed E-state index contributed by atoms with van der Waals surface area (Å²) in [5.74, 6) is 0.985. The first kappa shape index (κ1) is 25.1. The van der Waals surface area contributed by atoms with Crippen LogP contribution in [0.3, 0.4) is 0 Å². The molecule has 1 amide bonds. The maximum Gasteiger partial charge on any atom is 0.236 e. The molecule has 192 valence electrons. The number of aliphatic hydroxyl groups is 1. The number of halogens is 1. The zero-order valence-electron chi connectivity index (χ0n) is 21.3. The van der Waals surface area contributed by atoms with Crippen LogP contribution in [0.4, 0.5) is 0 Å². The number of piperidine rings is 1. The molecule has 0 bridgehead atoms. The predicted octanol–water partition coefficient (Wildman–Crippen LogP) is 3.80. The number of nitrogens with zero attached hydrogens (tertiary/aromatic N) is 3. The summed E-state index contributed by atoms with van der Waals surface area (Å²) in [7, 11) is 5.54. The van der Waals surface area contributed by atoms with Gasteiger partial charge in [-0.15, -0.1) is 0 Å². The van der Waals surface area contributed by atoms with Crippen molar-refractivity contribution in [2.45, 2.75) is 30.8 Å². The molecule has 7 nitrogen and oxygen atoms in total. The van der Waals surface area contributed by atoms with Crippen LogP contribution in [-0.4, -0.2) is 84.7 Å². The third-order valence-electron chi connectivity index (χ3n) is 7.84. The molecule has 1 fully saturated rings. The fraction of sp³-hybridized carbons (Fsp3) is 0.464. The van der Waals surface area contributed by atoms with Gasteiger partial charge in [-0.2, -0.15) is 0 Å². The summed E-state index contributed by atoms with van der Waals surface area (Å²) in [6.45, 7) is 3.45. The molecule has 2 aliphatic rings. The van der Waals surface area contributed by atoms with E-state index in [9.17, 15) is 9.90 Å². The molecule has 2 aliphatic heterocycles. The minimum Gasteiger partial charge on any atom is -0.497 e. The number of H-pyrrole nitrogens is 1. The number of aromatic nitrogens is 1. The minimum absolute atomic E-state index is 0.0219. The molecule has 5 rings (SSSR count). The Labute approximate surface area is 217 Å². The van der Waals surface area contributed by atoms with Crippen molar-refractivity contribution in [2.75, 3.05) is 54.0 Å². The second-order valence-electron chi connectivity index (χ2n) is 10.5. The maximum absolute atomic E-state index is 12.8. The standard InChI is InChI=1S/C28H35ClN4O3/c1-31(2)16-25(35)32-12-10-28(11-13-32)18-33(15-19-4-6-20(29)7-5-19)24(17-34)27-26(28)22-9-8-21(36-3)14-23(22)30-27/h4-9,14,24,30,34H,10-13,15-18H2,1-3H3/t24-/m0/s1. The van der Waals surface area contributed by atoms with Crippen molar-refractivity contribution in [1.29, 1.82) is 0 Å². The van der Waals surface area contributed by atoms with Crippen LogP contribution in [-0.2, 0) is 16.8 Å². The van der Waals surface area contributed by atoms with Crippen molar-refractivity contribution in [1.82, 2.24) is 19.7 Å². The first-order valence-electron chi connectivity index (χ1n) is 12.6. The van der Waals surface area contributed by atoms with E-state index in [1.165, 1.54) is 10.9 Å². The lowest BCUT2D eigenvalue weighted by molar-refractivity contribution is -0.133. The molecule has 1 aromatic heterocycles. The van der Waals surface area contributed by atoms with Gasteiger partial charge in [0.2, 0.25) is 5.91 Å². The number of methoxy groups -OCH3 is 1. The van der Waals surface area contributed by atoms with Crippen LogP contribution >= 0.6 is 11.6 Å². The fourth-order valence-electron chi connectivity index (χ4n) is 6.07. The average molecular weight is 511 g/mol. The Morgan fingerprint density at radius 3 is 2.56 bits per heavy atom. The molecule has 1 saturated heterocycles. The predicted molar refractivity (Wildman–Crippen MR) is 143 cm³/mol. The number of rotatable bonds is 6. The summed E-state index contributed by atoms with van der Waals surface area (Å²) in [6.07, 6.45) is 1.76. The molecule has 1 atom stereocenters. The van der Waals surface area contributed by atoms with Crippen molar-refractivity contribution < 1.29 is 14.6 Å². The van der Waals surface area contributed by atoms with Gasteiger partial charge in [0.25, 0.3) is 0 Å². The molecule has 1 spiro atoms. The quantitative estimate of drug-likeness (QED) is 0.528. The van der Waals surface area contributed by atoms with Crippen LogP contribution in [0.1, 0.15) is 35.7 Å². The van der Waals surface area contributed by atoms with Crippen molar-refractivity contribution in [3.63, 3.8) is 0 Å². The average Bonchev–Trinajstić information content (AvgIpc) is 3.25. The van der Waals surface area contributed by atoms with Crippen molar-refractivity contribution in [2.24, 2.45) is 0 Å². The molecule has 0 aliphatic carbocycles. The van der Waals surface area contributed by atoms with Gasteiger partial charge < -0.3 is 24.6 Å². The molecular formula is C28H35ClN4O3. The van der Waals surface area contributed by atoms with Crippen LogP contribution in [0, 0.1) is 0 Å². The Bertz CT molecular complexity index is 1230.